The zero-order chi connectivity index (χ0) is 13.1. The van der Waals surface area contributed by atoms with Crippen LogP contribution in [0.3, 0.4) is 0 Å². The monoisotopic (exact) mass is 234 g/mol. The molecule has 17 heavy (non-hydrogen) atoms. The van der Waals surface area contributed by atoms with Crippen molar-refractivity contribution in [3.05, 3.63) is 29.8 Å². The summed E-state index contributed by atoms with van der Waals surface area (Å²) in [4.78, 5) is 11.6. The Kier molecular flexibility index (Phi) is 4.29. The van der Waals surface area contributed by atoms with Crippen molar-refractivity contribution in [2.75, 3.05) is 5.32 Å². The van der Waals surface area contributed by atoms with E-state index in [1.165, 1.54) is 0 Å². The van der Waals surface area contributed by atoms with Gasteiger partial charge in [0.25, 0.3) is 0 Å². The van der Waals surface area contributed by atoms with Crippen LogP contribution < -0.4 is 11.1 Å². The Morgan fingerprint density at radius 1 is 1.29 bits per heavy atom. The minimum Gasteiger partial charge on any atom is -0.326 e. The molecule has 3 heteroatoms. The van der Waals surface area contributed by atoms with Crippen LogP contribution in [0.25, 0.3) is 0 Å². The second kappa shape index (κ2) is 5.32. The van der Waals surface area contributed by atoms with Gasteiger partial charge in [0.2, 0.25) is 5.91 Å². The molecule has 1 amide bonds. The van der Waals surface area contributed by atoms with E-state index in [2.05, 4.69) is 5.32 Å². The topological polar surface area (TPSA) is 55.1 Å². The van der Waals surface area contributed by atoms with E-state index < -0.39 is 0 Å². The number of rotatable bonds is 4. The van der Waals surface area contributed by atoms with Crippen molar-refractivity contribution < 1.29 is 4.79 Å². The van der Waals surface area contributed by atoms with E-state index in [1.807, 2.05) is 52.0 Å². The molecule has 0 aliphatic heterocycles. The first kappa shape index (κ1) is 13.7. The molecule has 1 rings (SSSR count). The Morgan fingerprint density at radius 2 is 1.82 bits per heavy atom. The van der Waals surface area contributed by atoms with Crippen molar-refractivity contribution in [1.29, 1.82) is 0 Å². The standard InChI is InChI=1S/C14H22N2O/c1-10(2)9-13(17)16-12-7-5-11(6-8-12)14(3,4)15/h5-8,10H,9,15H2,1-4H3,(H,16,17). The van der Waals surface area contributed by atoms with Crippen LogP contribution in [-0.2, 0) is 10.3 Å². The summed E-state index contributed by atoms with van der Waals surface area (Å²) in [5, 5.41) is 2.87. The molecule has 1 aromatic rings. The fourth-order valence-corrected chi connectivity index (χ4v) is 1.57. The van der Waals surface area contributed by atoms with Crippen LogP contribution in [0.2, 0.25) is 0 Å². The van der Waals surface area contributed by atoms with Crippen LogP contribution in [-0.4, -0.2) is 5.91 Å². The van der Waals surface area contributed by atoms with Gasteiger partial charge in [-0.2, -0.15) is 0 Å². The van der Waals surface area contributed by atoms with Gasteiger partial charge < -0.3 is 11.1 Å². The molecule has 0 heterocycles. The molecule has 94 valence electrons. The number of nitrogens with two attached hydrogens (primary N) is 1. The summed E-state index contributed by atoms with van der Waals surface area (Å²) in [6, 6.07) is 7.68. The van der Waals surface area contributed by atoms with Gasteiger partial charge in [0, 0.05) is 17.6 Å². The van der Waals surface area contributed by atoms with Gasteiger partial charge in [-0.3, -0.25) is 4.79 Å². The molecule has 0 radical (unpaired) electrons. The van der Waals surface area contributed by atoms with Crippen LogP contribution in [0, 0.1) is 5.92 Å². The number of carbonyl (C=O) groups is 1. The van der Waals surface area contributed by atoms with E-state index >= 15 is 0 Å². The SMILES string of the molecule is CC(C)CC(=O)Nc1ccc(C(C)(C)N)cc1. The molecular formula is C14H22N2O. The van der Waals surface area contributed by atoms with E-state index in [-0.39, 0.29) is 11.4 Å². The van der Waals surface area contributed by atoms with Crippen LogP contribution in [0.15, 0.2) is 24.3 Å². The summed E-state index contributed by atoms with van der Waals surface area (Å²) < 4.78 is 0. The van der Waals surface area contributed by atoms with E-state index in [4.69, 9.17) is 5.73 Å². The lowest BCUT2D eigenvalue weighted by Crippen LogP contribution is -2.28. The van der Waals surface area contributed by atoms with E-state index in [9.17, 15) is 4.79 Å². The van der Waals surface area contributed by atoms with Crippen molar-refractivity contribution in [2.45, 2.75) is 39.7 Å². The Labute approximate surface area is 103 Å². The Bertz CT molecular complexity index is 374. The van der Waals surface area contributed by atoms with Gasteiger partial charge in [-0.15, -0.1) is 0 Å². The smallest absolute Gasteiger partial charge is 0.224 e. The molecule has 3 nitrogen and oxygen atoms in total. The molecule has 3 N–H and O–H groups in total. The van der Waals surface area contributed by atoms with E-state index in [1.54, 1.807) is 0 Å². The zero-order valence-corrected chi connectivity index (χ0v) is 11.1. The highest BCUT2D eigenvalue weighted by Crippen LogP contribution is 2.19. The maximum atomic E-state index is 11.6. The molecule has 0 spiro atoms. The number of hydrogen-bond donors (Lipinski definition) is 2. The molecule has 0 aliphatic carbocycles. The molecule has 0 aromatic heterocycles. The minimum atomic E-state index is -0.347. The van der Waals surface area contributed by atoms with Crippen molar-refractivity contribution in [1.82, 2.24) is 0 Å². The molecule has 0 aliphatic rings. The largest absolute Gasteiger partial charge is 0.326 e. The highest BCUT2D eigenvalue weighted by Gasteiger charge is 2.13. The van der Waals surface area contributed by atoms with Gasteiger partial charge >= 0.3 is 0 Å². The summed E-state index contributed by atoms with van der Waals surface area (Å²) >= 11 is 0. The fraction of sp³-hybridized carbons (Fsp3) is 0.500. The Balaban J connectivity index is 2.66. The van der Waals surface area contributed by atoms with Crippen molar-refractivity contribution in [2.24, 2.45) is 11.7 Å². The van der Waals surface area contributed by atoms with E-state index in [0.717, 1.165) is 11.3 Å². The molecule has 0 unspecified atom stereocenters. The van der Waals surface area contributed by atoms with Crippen LogP contribution in [0.5, 0.6) is 0 Å². The molecular weight excluding hydrogens is 212 g/mol. The fourth-order valence-electron chi connectivity index (χ4n) is 1.57. The van der Waals surface area contributed by atoms with Crippen molar-refractivity contribution >= 4 is 11.6 Å². The first-order valence-corrected chi connectivity index (χ1v) is 5.98. The lowest BCUT2D eigenvalue weighted by atomic mass is 9.95. The Morgan fingerprint density at radius 3 is 2.24 bits per heavy atom. The number of anilines is 1. The predicted octanol–water partition coefficient (Wildman–Crippen LogP) is 2.87. The highest BCUT2D eigenvalue weighted by atomic mass is 16.1. The van der Waals surface area contributed by atoms with Gasteiger partial charge in [0.1, 0.15) is 0 Å². The zero-order valence-electron chi connectivity index (χ0n) is 11.1. The van der Waals surface area contributed by atoms with Gasteiger partial charge in [-0.25, -0.2) is 0 Å². The summed E-state index contributed by atoms with van der Waals surface area (Å²) in [6.45, 7) is 7.97. The van der Waals surface area contributed by atoms with Gasteiger partial charge in [0.05, 0.1) is 0 Å². The summed E-state index contributed by atoms with van der Waals surface area (Å²) in [5.74, 6) is 0.428. The maximum absolute atomic E-state index is 11.6. The first-order chi connectivity index (χ1) is 7.79. The van der Waals surface area contributed by atoms with E-state index in [0.29, 0.717) is 12.3 Å². The number of carbonyl (C=O) groups excluding carboxylic acids is 1. The lowest BCUT2D eigenvalue weighted by molar-refractivity contribution is -0.116. The molecule has 0 bridgehead atoms. The summed E-state index contributed by atoms with van der Waals surface area (Å²) in [5.41, 5.74) is 7.52. The normalized spacial score (nSPS) is 11.6. The second-order valence-electron chi connectivity index (χ2n) is 5.45. The number of amides is 1. The molecule has 0 saturated heterocycles. The Hall–Kier alpha value is -1.35. The summed E-state index contributed by atoms with van der Waals surface area (Å²) in [7, 11) is 0. The second-order valence-corrected chi connectivity index (χ2v) is 5.45. The third kappa shape index (κ3) is 4.57. The number of benzene rings is 1. The lowest BCUT2D eigenvalue weighted by Gasteiger charge is -2.19. The van der Waals surface area contributed by atoms with Crippen molar-refractivity contribution in [3.63, 3.8) is 0 Å². The van der Waals surface area contributed by atoms with Crippen LogP contribution in [0.4, 0.5) is 5.69 Å². The molecule has 0 saturated carbocycles. The van der Waals surface area contributed by atoms with Crippen molar-refractivity contribution in [3.8, 4) is 0 Å². The third-order valence-electron chi connectivity index (χ3n) is 2.51. The predicted molar refractivity (Wildman–Crippen MR) is 71.7 cm³/mol. The molecule has 0 fully saturated rings. The number of hydrogen-bond acceptors (Lipinski definition) is 2. The average Bonchev–Trinajstić information content (AvgIpc) is 2.15. The molecule has 0 atom stereocenters. The number of nitrogens with one attached hydrogen (secondary N) is 1. The van der Waals surface area contributed by atoms with Crippen LogP contribution in [0.1, 0.15) is 39.7 Å². The summed E-state index contributed by atoms with van der Waals surface area (Å²) in [6.07, 6.45) is 0.546. The molecule has 1 aromatic carbocycles. The minimum absolute atomic E-state index is 0.0553. The average molecular weight is 234 g/mol. The van der Waals surface area contributed by atoms with Gasteiger partial charge in [-0.05, 0) is 37.5 Å². The van der Waals surface area contributed by atoms with Gasteiger partial charge in [-0.1, -0.05) is 26.0 Å². The highest BCUT2D eigenvalue weighted by molar-refractivity contribution is 5.90. The maximum Gasteiger partial charge on any atom is 0.224 e. The third-order valence-corrected chi connectivity index (χ3v) is 2.51. The van der Waals surface area contributed by atoms with Gasteiger partial charge in [0.15, 0.2) is 0 Å². The quantitative estimate of drug-likeness (QED) is 0.841. The van der Waals surface area contributed by atoms with Crippen LogP contribution >= 0.6 is 0 Å². The first-order valence-electron chi connectivity index (χ1n) is 5.98.